The Morgan fingerprint density at radius 3 is 2.48 bits per heavy atom. The van der Waals surface area contributed by atoms with Crippen LogP contribution in [0.3, 0.4) is 0 Å². The number of carbonyl (C=O) groups is 2. The molecule has 0 bridgehead atoms. The second-order valence-electron chi connectivity index (χ2n) is 7.32. The Morgan fingerprint density at radius 2 is 1.95 bits per heavy atom. The molecule has 1 aliphatic heterocycles. The Balaban J connectivity index is 2.16. The third-order valence-electron chi connectivity index (χ3n) is 4.86. The number of amides is 2. The van der Waals surface area contributed by atoms with Crippen LogP contribution in [0.1, 0.15) is 66.2 Å². The number of nitrogens with zero attached hydrogens (tertiary/aromatic N) is 1. The molecular formula is C17H30N2O2. The molecule has 1 aliphatic carbocycles. The lowest BCUT2D eigenvalue weighted by Crippen LogP contribution is -2.70. The first-order valence-corrected chi connectivity index (χ1v) is 8.53. The summed E-state index contributed by atoms with van der Waals surface area (Å²) in [6.07, 6.45) is 6.10. The summed E-state index contributed by atoms with van der Waals surface area (Å²) in [4.78, 5) is 27.4. The van der Waals surface area contributed by atoms with Crippen LogP contribution >= 0.6 is 0 Å². The van der Waals surface area contributed by atoms with Crippen molar-refractivity contribution in [2.45, 2.75) is 77.8 Å². The fraction of sp³-hybridized carbons (Fsp3) is 0.882. The van der Waals surface area contributed by atoms with E-state index in [9.17, 15) is 9.59 Å². The Labute approximate surface area is 128 Å². The maximum Gasteiger partial charge on any atom is 0.249 e. The highest BCUT2D eigenvalue weighted by molar-refractivity contribution is 6.00. The van der Waals surface area contributed by atoms with Gasteiger partial charge in [-0.15, -0.1) is 0 Å². The third-order valence-corrected chi connectivity index (χ3v) is 4.86. The molecule has 0 aromatic rings. The molecule has 1 N–H and O–H groups in total. The number of hydrogen-bond acceptors (Lipinski definition) is 2. The molecule has 0 radical (unpaired) electrons. The molecular weight excluding hydrogens is 264 g/mol. The van der Waals surface area contributed by atoms with Crippen molar-refractivity contribution in [2.75, 3.05) is 6.54 Å². The van der Waals surface area contributed by atoms with Gasteiger partial charge in [0.1, 0.15) is 11.6 Å². The van der Waals surface area contributed by atoms with Crippen molar-refractivity contribution in [3.05, 3.63) is 0 Å². The SMILES string of the molecule is CCCCCN1C(=O)C(C)(C2CC2)NC(=O)C1CC(C)C. The van der Waals surface area contributed by atoms with Crippen molar-refractivity contribution in [1.82, 2.24) is 10.2 Å². The first-order chi connectivity index (χ1) is 9.90. The van der Waals surface area contributed by atoms with E-state index < -0.39 is 5.54 Å². The minimum atomic E-state index is -0.656. The van der Waals surface area contributed by atoms with Gasteiger partial charge in [0.05, 0.1) is 0 Å². The van der Waals surface area contributed by atoms with Gasteiger partial charge in [0.2, 0.25) is 11.8 Å². The zero-order valence-corrected chi connectivity index (χ0v) is 13.9. The van der Waals surface area contributed by atoms with Crippen molar-refractivity contribution >= 4 is 11.8 Å². The van der Waals surface area contributed by atoms with Crippen molar-refractivity contribution in [1.29, 1.82) is 0 Å². The summed E-state index contributed by atoms with van der Waals surface area (Å²) >= 11 is 0. The molecule has 0 aromatic heterocycles. The van der Waals surface area contributed by atoms with Crippen LogP contribution < -0.4 is 5.32 Å². The second-order valence-corrected chi connectivity index (χ2v) is 7.32. The van der Waals surface area contributed by atoms with Crippen LogP contribution in [0, 0.1) is 11.8 Å². The molecule has 2 aliphatic rings. The van der Waals surface area contributed by atoms with Gasteiger partial charge in [0.15, 0.2) is 0 Å². The normalized spacial score (nSPS) is 30.0. The zero-order valence-electron chi connectivity index (χ0n) is 13.9. The molecule has 4 nitrogen and oxygen atoms in total. The summed E-state index contributed by atoms with van der Waals surface area (Å²) in [6, 6.07) is -0.277. The summed E-state index contributed by atoms with van der Waals surface area (Å²) in [5, 5.41) is 3.05. The topological polar surface area (TPSA) is 49.4 Å². The van der Waals surface area contributed by atoms with Crippen LogP contribution in [0.5, 0.6) is 0 Å². The largest absolute Gasteiger partial charge is 0.340 e. The highest BCUT2D eigenvalue weighted by Gasteiger charge is 2.55. The van der Waals surface area contributed by atoms with E-state index in [4.69, 9.17) is 0 Å². The van der Waals surface area contributed by atoms with Crippen LogP contribution in [-0.2, 0) is 9.59 Å². The van der Waals surface area contributed by atoms with Crippen molar-refractivity contribution in [3.63, 3.8) is 0 Å². The van der Waals surface area contributed by atoms with E-state index in [1.807, 2.05) is 11.8 Å². The Morgan fingerprint density at radius 1 is 1.29 bits per heavy atom. The molecule has 2 rings (SSSR count). The predicted molar refractivity (Wildman–Crippen MR) is 83.8 cm³/mol. The number of rotatable bonds is 7. The van der Waals surface area contributed by atoms with Gasteiger partial charge in [0.25, 0.3) is 0 Å². The van der Waals surface area contributed by atoms with E-state index in [-0.39, 0.29) is 17.9 Å². The van der Waals surface area contributed by atoms with E-state index in [0.29, 0.717) is 11.8 Å². The number of unbranched alkanes of at least 4 members (excludes halogenated alkanes) is 2. The minimum absolute atomic E-state index is 0.0502. The predicted octanol–water partition coefficient (Wildman–Crippen LogP) is 2.72. The lowest BCUT2D eigenvalue weighted by Gasteiger charge is -2.45. The summed E-state index contributed by atoms with van der Waals surface area (Å²) in [5.41, 5.74) is -0.656. The van der Waals surface area contributed by atoms with Gasteiger partial charge in [-0.2, -0.15) is 0 Å². The van der Waals surface area contributed by atoms with Gasteiger partial charge in [-0.05, 0) is 44.4 Å². The zero-order chi connectivity index (χ0) is 15.6. The molecule has 2 fully saturated rings. The van der Waals surface area contributed by atoms with Crippen LogP contribution in [0.2, 0.25) is 0 Å². The molecule has 1 saturated heterocycles. The molecule has 1 saturated carbocycles. The number of carbonyl (C=O) groups excluding carboxylic acids is 2. The number of nitrogens with one attached hydrogen (secondary N) is 1. The van der Waals surface area contributed by atoms with E-state index in [0.717, 1.165) is 45.1 Å². The average Bonchev–Trinajstić information content (AvgIpc) is 3.23. The van der Waals surface area contributed by atoms with E-state index in [1.165, 1.54) is 0 Å². The monoisotopic (exact) mass is 294 g/mol. The van der Waals surface area contributed by atoms with E-state index >= 15 is 0 Å². The van der Waals surface area contributed by atoms with Gasteiger partial charge in [-0.25, -0.2) is 0 Å². The fourth-order valence-electron chi connectivity index (χ4n) is 3.38. The molecule has 1 heterocycles. The molecule has 2 amide bonds. The van der Waals surface area contributed by atoms with Gasteiger partial charge >= 0.3 is 0 Å². The lowest BCUT2D eigenvalue weighted by molar-refractivity contribution is -0.156. The average molecular weight is 294 g/mol. The smallest absolute Gasteiger partial charge is 0.249 e. The summed E-state index contributed by atoms with van der Waals surface area (Å²) < 4.78 is 0. The fourth-order valence-corrected chi connectivity index (χ4v) is 3.38. The van der Waals surface area contributed by atoms with E-state index in [1.54, 1.807) is 0 Å². The highest BCUT2D eigenvalue weighted by Crippen LogP contribution is 2.42. The highest BCUT2D eigenvalue weighted by atomic mass is 16.2. The molecule has 2 atom stereocenters. The van der Waals surface area contributed by atoms with Gasteiger partial charge in [-0.1, -0.05) is 33.6 Å². The maximum absolute atomic E-state index is 13.0. The van der Waals surface area contributed by atoms with Crippen molar-refractivity contribution in [3.8, 4) is 0 Å². The minimum Gasteiger partial charge on any atom is -0.340 e. The van der Waals surface area contributed by atoms with Crippen LogP contribution in [0.25, 0.3) is 0 Å². The van der Waals surface area contributed by atoms with Gasteiger partial charge in [-0.3, -0.25) is 9.59 Å². The van der Waals surface area contributed by atoms with Crippen LogP contribution in [0.4, 0.5) is 0 Å². The van der Waals surface area contributed by atoms with Crippen molar-refractivity contribution < 1.29 is 9.59 Å². The number of hydrogen-bond donors (Lipinski definition) is 1. The lowest BCUT2D eigenvalue weighted by atomic mass is 9.87. The standard InChI is InChI=1S/C17H30N2O2/c1-5-6-7-10-19-14(11-12(2)3)15(20)18-17(4,16(19)21)13-8-9-13/h12-14H,5-11H2,1-4H3,(H,18,20). The molecule has 120 valence electrons. The van der Waals surface area contributed by atoms with Crippen molar-refractivity contribution in [2.24, 2.45) is 11.8 Å². The molecule has 21 heavy (non-hydrogen) atoms. The first-order valence-electron chi connectivity index (χ1n) is 8.53. The van der Waals surface area contributed by atoms with Crippen LogP contribution in [0.15, 0.2) is 0 Å². The third kappa shape index (κ3) is 3.41. The van der Waals surface area contributed by atoms with Gasteiger partial charge < -0.3 is 10.2 Å². The second kappa shape index (κ2) is 6.37. The summed E-state index contributed by atoms with van der Waals surface area (Å²) in [5.74, 6) is 0.940. The maximum atomic E-state index is 13.0. The molecule has 4 heteroatoms. The first kappa shape index (κ1) is 16.3. The van der Waals surface area contributed by atoms with E-state index in [2.05, 4.69) is 26.1 Å². The number of piperazine rings is 1. The molecule has 2 unspecified atom stereocenters. The summed E-state index contributed by atoms with van der Waals surface area (Å²) in [6.45, 7) is 9.01. The Kier molecular flexibility index (Phi) is 4.95. The quantitative estimate of drug-likeness (QED) is 0.734. The Bertz CT molecular complexity index is 404. The molecule has 0 spiro atoms. The molecule has 0 aromatic carbocycles. The van der Waals surface area contributed by atoms with Gasteiger partial charge in [0, 0.05) is 6.54 Å². The van der Waals surface area contributed by atoms with Crippen LogP contribution in [-0.4, -0.2) is 34.8 Å². The Hall–Kier alpha value is -1.06. The summed E-state index contributed by atoms with van der Waals surface area (Å²) in [7, 11) is 0.